The molecule has 0 spiro atoms. The maximum atomic E-state index is 14.6. The Kier molecular flexibility index (Phi) is 6.25. The minimum Gasteiger partial charge on any atom is -0.453 e. The number of fused-ring (bicyclic) bond motifs is 1. The molecule has 0 atom stereocenters. The molecule has 8 heteroatoms. The van der Waals surface area contributed by atoms with E-state index in [1.165, 1.54) is 12.1 Å². The lowest BCUT2D eigenvalue weighted by Crippen LogP contribution is -2.35. The number of aromatic nitrogens is 1. The van der Waals surface area contributed by atoms with E-state index in [9.17, 15) is 9.18 Å². The number of benzene rings is 2. The van der Waals surface area contributed by atoms with Crippen LogP contribution in [0, 0.1) is 5.82 Å². The molecule has 2 N–H and O–H groups in total. The molecule has 1 aliphatic heterocycles. The summed E-state index contributed by atoms with van der Waals surface area (Å²) in [5.41, 5.74) is 2.28. The number of halogens is 1. The Bertz CT molecular complexity index is 1090. The quantitative estimate of drug-likeness (QED) is 0.561. The van der Waals surface area contributed by atoms with Gasteiger partial charge in [0, 0.05) is 36.2 Å². The Labute approximate surface area is 183 Å². The number of rotatable bonds is 5. The third-order valence-corrected chi connectivity index (χ3v) is 5.74. The molecular formula is C22H18FN3O2S2. The van der Waals surface area contributed by atoms with Gasteiger partial charge in [0.1, 0.15) is 5.75 Å². The summed E-state index contributed by atoms with van der Waals surface area (Å²) in [6.07, 6.45) is 2.76. The number of carbonyl (C=O) groups is 1. The molecule has 0 aliphatic carbocycles. The zero-order valence-corrected chi connectivity index (χ0v) is 17.5. The molecule has 1 amide bonds. The third-order valence-electron chi connectivity index (χ3n) is 4.40. The number of thioether (sulfide) groups is 1. The average Bonchev–Trinajstić information content (AvgIpc) is 3.20. The van der Waals surface area contributed by atoms with Crippen molar-refractivity contribution in [1.82, 2.24) is 10.3 Å². The molecule has 3 aromatic rings. The van der Waals surface area contributed by atoms with Gasteiger partial charge in [-0.15, -0.1) is 11.8 Å². The van der Waals surface area contributed by atoms with Crippen LogP contribution in [0.25, 0.3) is 0 Å². The van der Waals surface area contributed by atoms with Crippen LogP contribution in [0.4, 0.5) is 10.1 Å². The van der Waals surface area contributed by atoms with E-state index in [1.54, 1.807) is 30.1 Å². The van der Waals surface area contributed by atoms with Gasteiger partial charge in [-0.3, -0.25) is 9.78 Å². The van der Waals surface area contributed by atoms with Gasteiger partial charge in [-0.25, -0.2) is 4.39 Å². The maximum Gasteiger partial charge on any atom is 0.230 e. The number of anilines is 1. The van der Waals surface area contributed by atoms with E-state index in [1.807, 2.05) is 30.3 Å². The van der Waals surface area contributed by atoms with E-state index in [0.717, 1.165) is 28.3 Å². The first-order chi connectivity index (χ1) is 14.6. The molecule has 0 saturated heterocycles. The number of nitrogens with zero attached hydrogens (tertiary/aromatic N) is 1. The van der Waals surface area contributed by atoms with Crippen molar-refractivity contribution in [2.75, 3.05) is 11.1 Å². The minimum atomic E-state index is -0.535. The molecule has 1 aliphatic rings. The van der Waals surface area contributed by atoms with Gasteiger partial charge in [0.2, 0.25) is 5.91 Å². The van der Waals surface area contributed by atoms with Crippen LogP contribution in [0.1, 0.15) is 11.3 Å². The van der Waals surface area contributed by atoms with Crippen LogP contribution in [-0.2, 0) is 17.6 Å². The summed E-state index contributed by atoms with van der Waals surface area (Å²) >= 11 is 6.81. The van der Waals surface area contributed by atoms with E-state index in [4.69, 9.17) is 17.0 Å². The van der Waals surface area contributed by atoms with Gasteiger partial charge < -0.3 is 15.4 Å². The van der Waals surface area contributed by atoms with Crippen molar-refractivity contribution in [2.24, 2.45) is 0 Å². The van der Waals surface area contributed by atoms with E-state index in [2.05, 4.69) is 15.6 Å². The zero-order valence-electron chi connectivity index (χ0n) is 15.9. The Morgan fingerprint density at radius 2 is 2.00 bits per heavy atom. The first-order valence-corrected chi connectivity index (χ1v) is 10.7. The second-order valence-corrected chi connectivity index (χ2v) is 8.11. The Balaban J connectivity index is 1.37. The summed E-state index contributed by atoms with van der Waals surface area (Å²) in [4.78, 5) is 17.4. The Morgan fingerprint density at radius 3 is 2.80 bits per heavy atom. The minimum absolute atomic E-state index is 0.104. The predicted molar refractivity (Wildman–Crippen MR) is 120 cm³/mol. The fraction of sp³-hybridized carbons (Fsp3) is 0.136. The summed E-state index contributed by atoms with van der Waals surface area (Å²) in [6.45, 7) is 0. The van der Waals surface area contributed by atoms with Crippen molar-refractivity contribution < 1.29 is 13.9 Å². The van der Waals surface area contributed by atoms with Crippen molar-refractivity contribution >= 4 is 40.7 Å². The highest BCUT2D eigenvalue weighted by atomic mass is 32.2. The van der Waals surface area contributed by atoms with Gasteiger partial charge in [-0.2, -0.15) is 0 Å². The second-order valence-electron chi connectivity index (χ2n) is 6.60. The molecule has 30 heavy (non-hydrogen) atoms. The van der Waals surface area contributed by atoms with Gasteiger partial charge in [0.25, 0.3) is 0 Å². The van der Waals surface area contributed by atoms with Gasteiger partial charge in [-0.05, 0) is 29.9 Å². The maximum absolute atomic E-state index is 14.6. The van der Waals surface area contributed by atoms with Gasteiger partial charge in [-0.1, -0.05) is 30.3 Å². The molecule has 2 aromatic carbocycles. The van der Waals surface area contributed by atoms with Crippen LogP contribution in [0.5, 0.6) is 11.5 Å². The lowest BCUT2D eigenvalue weighted by molar-refractivity contribution is -0.119. The van der Waals surface area contributed by atoms with E-state index in [0.29, 0.717) is 11.4 Å². The largest absolute Gasteiger partial charge is 0.453 e. The topological polar surface area (TPSA) is 63.2 Å². The van der Waals surface area contributed by atoms with E-state index >= 15 is 0 Å². The lowest BCUT2D eigenvalue weighted by atomic mass is 10.1. The van der Waals surface area contributed by atoms with Crippen LogP contribution < -0.4 is 15.4 Å². The number of hydrogen-bond acceptors (Lipinski definition) is 5. The molecule has 0 saturated carbocycles. The number of pyridine rings is 1. The van der Waals surface area contributed by atoms with Gasteiger partial charge in [0.15, 0.2) is 16.7 Å². The third kappa shape index (κ3) is 4.95. The van der Waals surface area contributed by atoms with Gasteiger partial charge in [0.05, 0.1) is 17.0 Å². The zero-order chi connectivity index (χ0) is 20.9. The first kappa shape index (κ1) is 20.3. The monoisotopic (exact) mass is 439 g/mol. The SMILES string of the molecule is O=C(Cc1ccccc1)NC(=S)Nc1ccc(Oc2ccnc3c2SCC3)c(F)c1. The molecule has 1 aromatic heterocycles. The van der Waals surface area contributed by atoms with Crippen molar-refractivity contribution in [3.05, 3.63) is 77.9 Å². The molecule has 0 radical (unpaired) electrons. The highest BCUT2D eigenvalue weighted by Crippen LogP contribution is 2.40. The smallest absolute Gasteiger partial charge is 0.230 e. The number of amides is 1. The fourth-order valence-electron chi connectivity index (χ4n) is 3.03. The number of aryl methyl sites for hydroxylation is 1. The molecule has 2 heterocycles. The molecule has 0 unspecified atom stereocenters. The van der Waals surface area contributed by atoms with Crippen LogP contribution in [0.2, 0.25) is 0 Å². The highest BCUT2D eigenvalue weighted by Gasteiger charge is 2.19. The number of ether oxygens (including phenoxy) is 1. The number of nitrogens with one attached hydrogen (secondary N) is 2. The Morgan fingerprint density at radius 1 is 1.17 bits per heavy atom. The summed E-state index contributed by atoms with van der Waals surface area (Å²) in [7, 11) is 0. The average molecular weight is 440 g/mol. The molecule has 152 valence electrons. The van der Waals surface area contributed by atoms with Crippen molar-refractivity contribution in [2.45, 2.75) is 17.7 Å². The highest BCUT2D eigenvalue weighted by molar-refractivity contribution is 7.99. The van der Waals surface area contributed by atoms with Crippen LogP contribution >= 0.6 is 24.0 Å². The van der Waals surface area contributed by atoms with Crippen LogP contribution in [-0.4, -0.2) is 21.8 Å². The first-order valence-electron chi connectivity index (χ1n) is 9.31. The molecular weight excluding hydrogens is 421 g/mol. The number of thiocarbonyl (C=S) groups is 1. The molecule has 4 rings (SSSR count). The second kappa shape index (κ2) is 9.23. The normalized spacial score (nSPS) is 12.2. The standard InChI is InChI=1S/C22H18FN3O2S2/c23-16-13-15(25-22(29)26-20(27)12-14-4-2-1-3-5-14)6-7-18(16)28-19-8-10-24-17-9-11-30-21(17)19/h1-8,10,13H,9,11-12H2,(H2,25,26,27,29). The summed E-state index contributed by atoms with van der Waals surface area (Å²) < 4.78 is 20.3. The lowest BCUT2D eigenvalue weighted by Gasteiger charge is -2.13. The summed E-state index contributed by atoms with van der Waals surface area (Å²) in [5.74, 6) is 0.878. The summed E-state index contributed by atoms with van der Waals surface area (Å²) in [5, 5.41) is 5.52. The predicted octanol–water partition coefficient (Wildman–Crippen LogP) is 4.72. The van der Waals surface area contributed by atoms with E-state index < -0.39 is 5.82 Å². The number of hydrogen-bond donors (Lipinski definition) is 2. The Hall–Kier alpha value is -2.97. The fourth-order valence-corrected chi connectivity index (χ4v) is 4.33. The molecule has 0 bridgehead atoms. The number of carbonyl (C=O) groups excluding carboxylic acids is 1. The molecule has 0 fully saturated rings. The van der Waals surface area contributed by atoms with Crippen molar-refractivity contribution in [3.63, 3.8) is 0 Å². The van der Waals surface area contributed by atoms with Crippen LogP contribution in [0.15, 0.2) is 65.7 Å². The summed E-state index contributed by atoms with van der Waals surface area (Å²) in [6, 6.07) is 15.5. The van der Waals surface area contributed by atoms with E-state index in [-0.39, 0.29) is 23.2 Å². The molecule has 5 nitrogen and oxygen atoms in total. The van der Waals surface area contributed by atoms with Crippen molar-refractivity contribution in [3.8, 4) is 11.5 Å². The van der Waals surface area contributed by atoms with Crippen LogP contribution in [0.3, 0.4) is 0 Å². The van der Waals surface area contributed by atoms with Gasteiger partial charge >= 0.3 is 0 Å². The van der Waals surface area contributed by atoms with Crippen molar-refractivity contribution in [1.29, 1.82) is 0 Å².